The van der Waals surface area contributed by atoms with Crippen molar-refractivity contribution >= 4 is 5.91 Å². The van der Waals surface area contributed by atoms with Gasteiger partial charge < -0.3 is 10.0 Å². The molecule has 1 aliphatic rings. The van der Waals surface area contributed by atoms with Gasteiger partial charge in [-0.1, -0.05) is 35.4 Å². The second-order valence-corrected chi connectivity index (χ2v) is 10.5. The number of carbonyl (C=O) groups excluding carboxylic acids is 1. The zero-order valence-corrected chi connectivity index (χ0v) is 22.0. The Balaban J connectivity index is 1.45. The molecule has 1 aliphatic heterocycles. The van der Waals surface area contributed by atoms with Crippen molar-refractivity contribution < 1.29 is 18.7 Å². The number of aliphatic hydroxyl groups is 1. The third kappa shape index (κ3) is 6.39. The number of benzene rings is 2. The predicted molar refractivity (Wildman–Crippen MR) is 139 cm³/mol. The van der Waals surface area contributed by atoms with Gasteiger partial charge in [0.25, 0.3) is 0 Å². The highest BCUT2D eigenvalue weighted by atomic mass is 19.1. The molecular formula is C30H35F2N3O2. The largest absolute Gasteiger partial charge is 0.385 e. The average Bonchev–Trinajstić information content (AvgIpc) is 2.84. The van der Waals surface area contributed by atoms with Gasteiger partial charge in [-0.15, -0.1) is 0 Å². The number of piperidine rings is 1. The van der Waals surface area contributed by atoms with Crippen LogP contribution >= 0.6 is 0 Å². The van der Waals surface area contributed by atoms with Crippen molar-refractivity contribution in [2.45, 2.75) is 71.3 Å². The fraction of sp³-hybridized carbons (Fsp3) is 0.433. The molecule has 1 fully saturated rings. The van der Waals surface area contributed by atoms with Gasteiger partial charge in [-0.05, 0) is 71.1 Å². The summed E-state index contributed by atoms with van der Waals surface area (Å²) in [5.74, 6) is -1.00. The molecule has 0 spiro atoms. The molecule has 196 valence electrons. The standard InChI is InChI=1S/C30H35F2N3O2/c1-19-14-20(2)16-22(15-19)8-11-30(4,37)25-18-33-21(3)34-29(25)23-9-12-35(13-10-23)28(36)17-24-26(31)6-5-7-27(24)32/h5-7,14-16,18,23,37H,8-13,17H2,1-4H3. The first-order valence-electron chi connectivity index (χ1n) is 12.9. The Morgan fingerprint density at radius 1 is 1.08 bits per heavy atom. The highest BCUT2D eigenvalue weighted by Crippen LogP contribution is 2.36. The summed E-state index contributed by atoms with van der Waals surface area (Å²) in [6.07, 6.45) is 4.00. The molecule has 1 atom stereocenters. The van der Waals surface area contributed by atoms with E-state index < -0.39 is 17.2 Å². The number of hydrogen-bond donors (Lipinski definition) is 1. The Bertz CT molecular complexity index is 1240. The van der Waals surface area contributed by atoms with E-state index in [1.807, 2.05) is 13.8 Å². The average molecular weight is 508 g/mol. The molecule has 37 heavy (non-hydrogen) atoms. The maximum atomic E-state index is 14.0. The lowest BCUT2D eigenvalue weighted by Crippen LogP contribution is -2.39. The van der Waals surface area contributed by atoms with E-state index >= 15 is 0 Å². The second-order valence-electron chi connectivity index (χ2n) is 10.5. The molecule has 1 amide bonds. The third-order valence-corrected chi connectivity index (χ3v) is 7.32. The maximum Gasteiger partial charge on any atom is 0.227 e. The van der Waals surface area contributed by atoms with E-state index in [1.165, 1.54) is 34.9 Å². The predicted octanol–water partition coefficient (Wildman–Crippen LogP) is 5.47. The fourth-order valence-corrected chi connectivity index (χ4v) is 5.32. The van der Waals surface area contributed by atoms with Crippen LogP contribution in [0, 0.1) is 32.4 Å². The number of nitrogens with zero attached hydrogens (tertiary/aromatic N) is 3. The topological polar surface area (TPSA) is 66.3 Å². The van der Waals surface area contributed by atoms with Gasteiger partial charge in [-0.25, -0.2) is 18.7 Å². The van der Waals surface area contributed by atoms with Crippen molar-refractivity contribution in [2.24, 2.45) is 0 Å². The lowest BCUT2D eigenvalue weighted by molar-refractivity contribution is -0.131. The number of rotatable bonds is 7. The summed E-state index contributed by atoms with van der Waals surface area (Å²) in [6.45, 7) is 8.72. The van der Waals surface area contributed by atoms with Crippen LogP contribution in [0.25, 0.3) is 0 Å². The minimum atomic E-state index is -1.12. The van der Waals surface area contributed by atoms with E-state index in [2.05, 4.69) is 37.0 Å². The van der Waals surface area contributed by atoms with Crippen LogP contribution in [0.15, 0.2) is 42.6 Å². The van der Waals surface area contributed by atoms with Crippen molar-refractivity contribution in [2.75, 3.05) is 13.1 Å². The number of carbonyl (C=O) groups is 1. The van der Waals surface area contributed by atoms with Gasteiger partial charge in [-0.3, -0.25) is 4.79 Å². The summed E-state index contributed by atoms with van der Waals surface area (Å²) >= 11 is 0. The van der Waals surface area contributed by atoms with Crippen molar-refractivity contribution in [3.8, 4) is 0 Å². The fourth-order valence-electron chi connectivity index (χ4n) is 5.32. The number of amides is 1. The van der Waals surface area contributed by atoms with Crippen LogP contribution in [-0.4, -0.2) is 39.0 Å². The number of aromatic nitrogens is 2. The summed E-state index contributed by atoms with van der Waals surface area (Å²) in [6, 6.07) is 10.1. The SMILES string of the molecule is Cc1cc(C)cc(CCC(C)(O)c2cnc(C)nc2C2CCN(C(=O)Cc3c(F)cccc3F)CC2)c1. The first-order chi connectivity index (χ1) is 17.5. The summed E-state index contributed by atoms with van der Waals surface area (Å²) in [5.41, 5.74) is 3.83. The molecule has 7 heteroatoms. The van der Waals surface area contributed by atoms with Gasteiger partial charge >= 0.3 is 0 Å². The van der Waals surface area contributed by atoms with E-state index in [1.54, 1.807) is 11.1 Å². The molecule has 1 N–H and O–H groups in total. The minimum Gasteiger partial charge on any atom is -0.385 e. The molecule has 3 aromatic rings. The first-order valence-corrected chi connectivity index (χ1v) is 12.9. The third-order valence-electron chi connectivity index (χ3n) is 7.32. The van der Waals surface area contributed by atoms with Crippen molar-refractivity contribution in [1.29, 1.82) is 0 Å². The van der Waals surface area contributed by atoms with Crippen molar-refractivity contribution in [3.63, 3.8) is 0 Å². The zero-order valence-electron chi connectivity index (χ0n) is 22.0. The van der Waals surface area contributed by atoms with Crippen LogP contribution in [0.3, 0.4) is 0 Å². The number of likely N-dealkylation sites (tertiary alicyclic amines) is 1. The Morgan fingerprint density at radius 2 is 1.70 bits per heavy atom. The molecule has 0 saturated carbocycles. The molecule has 0 bridgehead atoms. The molecule has 4 rings (SSSR count). The zero-order chi connectivity index (χ0) is 26.7. The second kappa shape index (κ2) is 11.1. The van der Waals surface area contributed by atoms with E-state index in [0.29, 0.717) is 38.2 Å². The van der Waals surface area contributed by atoms with Gasteiger partial charge in [0, 0.05) is 36.3 Å². The minimum absolute atomic E-state index is 0.0543. The highest BCUT2D eigenvalue weighted by molar-refractivity contribution is 5.79. The van der Waals surface area contributed by atoms with Crippen LogP contribution in [0.4, 0.5) is 8.78 Å². The summed E-state index contributed by atoms with van der Waals surface area (Å²) in [7, 11) is 0. The molecule has 0 aliphatic carbocycles. The monoisotopic (exact) mass is 507 g/mol. The number of hydrogen-bond acceptors (Lipinski definition) is 4. The van der Waals surface area contributed by atoms with Crippen molar-refractivity contribution in [3.05, 3.63) is 93.6 Å². The van der Waals surface area contributed by atoms with E-state index in [0.717, 1.165) is 17.7 Å². The molecule has 1 aromatic heterocycles. The lowest BCUT2D eigenvalue weighted by Gasteiger charge is -2.34. The van der Waals surface area contributed by atoms with Crippen LogP contribution in [0.1, 0.15) is 71.4 Å². The Kier molecular flexibility index (Phi) is 8.02. The van der Waals surface area contributed by atoms with Gasteiger partial charge in [-0.2, -0.15) is 0 Å². The lowest BCUT2D eigenvalue weighted by atomic mass is 9.83. The molecular weight excluding hydrogens is 472 g/mol. The van der Waals surface area contributed by atoms with Gasteiger partial charge in [0.1, 0.15) is 17.5 Å². The summed E-state index contributed by atoms with van der Waals surface area (Å²) < 4.78 is 28.0. The Labute approximate surface area is 217 Å². The molecule has 5 nitrogen and oxygen atoms in total. The first kappa shape index (κ1) is 26.9. The van der Waals surface area contributed by atoms with Crippen LogP contribution < -0.4 is 0 Å². The van der Waals surface area contributed by atoms with Crippen molar-refractivity contribution in [1.82, 2.24) is 14.9 Å². The van der Waals surface area contributed by atoms with E-state index in [4.69, 9.17) is 4.98 Å². The quantitative estimate of drug-likeness (QED) is 0.461. The molecule has 2 aromatic carbocycles. The van der Waals surface area contributed by atoms with Gasteiger partial charge in [0.2, 0.25) is 5.91 Å². The molecule has 1 unspecified atom stereocenters. The smallest absolute Gasteiger partial charge is 0.227 e. The number of aryl methyl sites for hydroxylation is 4. The van der Waals surface area contributed by atoms with Crippen LogP contribution in [-0.2, 0) is 23.2 Å². The van der Waals surface area contributed by atoms with Gasteiger partial charge in [0.15, 0.2) is 0 Å². The Hall–Kier alpha value is -3.19. The summed E-state index contributed by atoms with van der Waals surface area (Å²) in [5, 5.41) is 11.5. The normalized spacial score (nSPS) is 16.0. The van der Waals surface area contributed by atoms with Crippen LogP contribution in [0.5, 0.6) is 0 Å². The highest BCUT2D eigenvalue weighted by Gasteiger charge is 2.33. The summed E-state index contributed by atoms with van der Waals surface area (Å²) in [4.78, 5) is 23.6. The molecule has 2 heterocycles. The number of halogens is 2. The maximum absolute atomic E-state index is 14.0. The Morgan fingerprint density at radius 3 is 2.32 bits per heavy atom. The van der Waals surface area contributed by atoms with E-state index in [-0.39, 0.29) is 23.8 Å². The van der Waals surface area contributed by atoms with Gasteiger partial charge in [0.05, 0.1) is 17.7 Å². The van der Waals surface area contributed by atoms with E-state index in [9.17, 15) is 18.7 Å². The molecule has 1 saturated heterocycles. The van der Waals surface area contributed by atoms with Crippen LogP contribution in [0.2, 0.25) is 0 Å². The molecule has 0 radical (unpaired) electrons.